The van der Waals surface area contributed by atoms with Crippen LogP contribution >= 0.6 is 0 Å². The molecule has 0 spiro atoms. The van der Waals surface area contributed by atoms with Gasteiger partial charge >= 0.3 is 0 Å². The van der Waals surface area contributed by atoms with Gasteiger partial charge in [-0.05, 0) is 49.7 Å². The van der Waals surface area contributed by atoms with Gasteiger partial charge in [-0.3, -0.25) is 15.0 Å². The van der Waals surface area contributed by atoms with Crippen LogP contribution in [0.1, 0.15) is 29.5 Å². The van der Waals surface area contributed by atoms with E-state index >= 15 is 0 Å². The fraction of sp³-hybridized carbons (Fsp3) is 0.200. The number of H-pyrrole nitrogens is 1. The van der Waals surface area contributed by atoms with Crippen LogP contribution in [0.5, 0.6) is 5.88 Å². The van der Waals surface area contributed by atoms with Crippen molar-refractivity contribution in [1.82, 2.24) is 19.4 Å². The molecular formula is C30H28N6O3. The second-order valence-corrected chi connectivity index (χ2v) is 9.95. The number of nitro benzene ring substituents is 1. The van der Waals surface area contributed by atoms with E-state index in [1.54, 1.807) is 12.4 Å². The third-order valence-electron chi connectivity index (χ3n) is 7.15. The largest absolute Gasteiger partial charge is 0.494 e. The molecule has 2 N–H and O–H groups in total. The van der Waals surface area contributed by atoms with Gasteiger partial charge in [0, 0.05) is 54.0 Å². The summed E-state index contributed by atoms with van der Waals surface area (Å²) >= 11 is 0. The third-order valence-corrected chi connectivity index (χ3v) is 7.15. The Morgan fingerprint density at radius 3 is 2.49 bits per heavy atom. The van der Waals surface area contributed by atoms with Crippen molar-refractivity contribution in [2.45, 2.75) is 19.4 Å². The smallest absolute Gasteiger partial charge is 0.270 e. The molecule has 196 valence electrons. The quantitative estimate of drug-likeness (QED) is 0.156. The normalized spacial score (nSPS) is 14.3. The molecule has 3 heterocycles. The van der Waals surface area contributed by atoms with Crippen LogP contribution in [0.3, 0.4) is 0 Å². The molecular weight excluding hydrogens is 492 g/mol. The zero-order chi connectivity index (χ0) is 26.9. The monoisotopic (exact) mass is 520 g/mol. The lowest BCUT2D eigenvalue weighted by Gasteiger charge is -2.15. The highest BCUT2D eigenvalue weighted by Gasteiger charge is 2.21. The van der Waals surface area contributed by atoms with Gasteiger partial charge in [0.05, 0.1) is 33.9 Å². The van der Waals surface area contributed by atoms with Crippen LogP contribution in [0.15, 0.2) is 84.2 Å². The topological polar surface area (TPSA) is 113 Å². The summed E-state index contributed by atoms with van der Waals surface area (Å²) in [4.78, 5) is 25.8. The summed E-state index contributed by atoms with van der Waals surface area (Å²) in [5, 5.41) is 23.0. The number of non-ortho nitro benzene ring substituents is 1. The van der Waals surface area contributed by atoms with Crippen LogP contribution < -0.4 is 0 Å². The Hall–Kier alpha value is -4.76. The number of nitrogens with zero attached hydrogens (tertiary/aromatic N) is 5. The predicted octanol–water partition coefficient (Wildman–Crippen LogP) is 5.95. The first-order chi connectivity index (χ1) is 18.9. The second kappa shape index (κ2) is 10.2. The first-order valence-corrected chi connectivity index (χ1v) is 12.9. The fourth-order valence-electron chi connectivity index (χ4n) is 5.15. The van der Waals surface area contributed by atoms with Gasteiger partial charge in [0.2, 0.25) is 0 Å². The molecule has 39 heavy (non-hydrogen) atoms. The number of benzene rings is 3. The van der Waals surface area contributed by atoms with Gasteiger partial charge in [-0.25, -0.2) is 9.98 Å². The Labute approximate surface area is 225 Å². The number of nitrogens with one attached hydrogen (secondary N) is 1. The number of imidazole rings is 1. The summed E-state index contributed by atoms with van der Waals surface area (Å²) in [7, 11) is 1.93. The molecule has 0 atom stereocenters. The lowest BCUT2D eigenvalue weighted by molar-refractivity contribution is -0.384. The van der Waals surface area contributed by atoms with Crippen molar-refractivity contribution in [2.24, 2.45) is 12.0 Å². The zero-order valence-corrected chi connectivity index (χ0v) is 21.5. The maximum atomic E-state index is 11.5. The van der Waals surface area contributed by atoms with Crippen LogP contribution in [-0.2, 0) is 13.6 Å². The molecule has 1 saturated heterocycles. The number of hydrogen-bond donors (Lipinski definition) is 2. The van der Waals surface area contributed by atoms with E-state index < -0.39 is 4.92 Å². The summed E-state index contributed by atoms with van der Waals surface area (Å²) in [5.41, 5.74) is 6.02. The van der Waals surface area contributed by atoms with E-state index in [9.17, 15) is 15.2 Å². The van der Waals surface area contributed by atoms with Crippen molar-refractivity contribution in [3.8, 4) is 17.1 Å². The predicted molar refractivity (Wildman–Crippen MR) is 152 cm³/mol. The Bertz CT molecular complexity index is 1680. The average molecular weight is 521 g/mol. The Morgan fingerprint density at radius 2 is 1.82 bits per heavy atom. The highest BCUT2D eigenvalue weighted by atomic mass is 16.6. The van der Waals surface area contributed by atoms with Gasteiger partial charge in [0.25, 0.3) is 5.69 Å². The number of aromatic nitrogens is 3. The van der Waals surface area contributed by atoms with Gasteiger partial charge in [-0.1, -0.05) is 36.4 Å². The van der Waals surface area contributed by atoms with Crippen LogP contribution in [0.2, 0.25) is 0 Å². The zero-order valence-electron chi connectivity index (χ0n) is 21.5. The van der Waals surface area contributed by atoms with E-state index in [0.29, 0.717) is 27.9 Å². The molecule has 0 unspecified atom stereocenters. The Morgan fingerprint density at radius 1 is 1.08 bits per heavy atom. The van der Waals surface area contributed by atoms with E-state index in [1.807, 2.05) is 54.2 Å². The van der Waals surface area contributed by atoms with E-state index in [-0.39, 0.29) is 11.6 Å². The molecule has 0 radical (unpaired) electrons. The lowest BCUT2D eigenvalue weighted by atomic mass is 9.99. The number of aromatic amines is 1. The number of hydrogen-bond acceptors (Lipinski definition) is 6. The minimum absolute atomic E-state index is 0.0530. The van der Waals surface area contributed by atoms with Crippen molar-refractivity contribution in [1.29, 1.82) is 0 Å². The molecule has 9 nitrogen and oxygen atoms in total. The van der Waals surface area contributed by atoms with Crippen molar-refractivity contribution < 1.29 is 10.0 Å². The molecule has 0 aliphatic carbocycles. The molecule has 5 aromatic rings. The number of aliphatic imine (C=N–C) groups is 1. The maximum absolute atomic E-state index is 11.5. The van der Waals surface area contributed by atoms with Gasteiger partial charge in [0.15, 0.2) is 5.88 Å². The van der Waals surface area contributed by atoms with Crippen LogP contribution in [0, 0.1) is 10.1 Å². The molecule has 0 amide bonds. The SMILES string of the molecule is Cn1cnc(-c2ccc(N=C(c3ccc(CN4CCCC4)cc3)c3c(O)[nH]c4ccc([N+](=O)[O-])cc34)cc2)c1. The van der Waals surface area contributed by atoms with Crippen LogP contribution in [0.25, 0.3) is 22.2 Å². The summed E-state index contributed by atoms with van der Waals surface area (Å²) in [5.74, 6) is -0.0875. The molecule has 6 rings (SSSR count). The van der Waals surface area contributed by atoms with Crippen molar-refractivity contribution in [3.63, 3.8) is 0 Å². The molecule has 9 heteroatoms. The van der Waals surface area contributed by atoms with Crippen molar-refractivity contribution >= 4 is 28.0 Å². The first-order valence-electron chi connectivity index (χ1n) is 12.9. The lowest BCUT2D eigenvalue weighted by Crippen LogP contribution is -2.18. The third kappa shape index (κ3) is 5.04. The summed E-state index contributed by atoms with van der Waals surface area (Å²) in [6.45, 7) is 3.13. The molecule has 0 saturated carbocycles. The second-order valence-electron chi connectivity index (χ2n) is 9.95. The van der Waals surface area contributed by atoms with Crippen molar-refractivity contribution in [3.05, 3.63) is 106 Å². The number of likely N-dealkylation sites (tertiary alicyclic amines) is 1. The summed E-state index contributed by atoms with van der Waals surface area (Å²) in [6, 6.07) is 20.4. The maximum Gasteiger partial charge on any atom is 0.270 e. The van der Waals surface area contributed by atoms with E-state index in [4.69, 9.17) is 4.99 Å². The highest BCUT2D eigenvalue weighted by Crippen LogP contribution is 2.34. The average Bonchev–Trinajstić information content (AvgIpc) is 3.68. The van der Waals surface area contributed by atoms with Gasteiger partial charge < -0.3 is 14.7 Å². The molecule has 1 aliphatic rings. The Kier molecular flexibility index (Phi) is 6.42. The highest BCUT2D eigenvalue weighted by molar-refractivity contribution is 6.22. The van der Waals surface area contributed by atoms with Crippen LogP contribution in [-0.4, -0.2) is 48.3 Å². The molecule has 2 aromatic heterocycles. The van der Waals surface area contributed by atoms with Crippen molar-refractivity contribution in [2.75, 3.05) is 13.1 Å². The van der Waals surface area contributed by atoms with Gasteiger partial charge in [-0.2, -0.15) is 0 Å². The van der Waals surface area contributed by atoms with Crippen LogP contribution in [0.4, 0.5) is 11.4 Å². The van der Waals surface area contributed by atoms with Gasteiger partial charge in [0.1, 0.15) is 0 Å². The number of aromatic hydroxyl groups is 1. The number of fused-ring (bicyclic) bond motifs is 1. The molecule has 0 bridgehead atoms. The fourth-order valence-corrected chi connectivity index (χ4v) is 5.15. The first kappa shape index (κ1) is 24.6. The summed E-state index contributed by atoms with van der Waals surface area (Å²) < 4.78 is 1.89. The number of nitro groups is 1. The van der Waals surface area contributed by atoms with Gasteiger partial charge in [-0.15, -0.1) is 0 Å². The van der Waals surface area contributed by atoms with E-state index in [1.165, 1.54) is 30.5 Å². The Balaban J connectivity index is 1.44. The minimum atomic E-state index is -0.437. The minimum Gasteiger partial charge on any atom is -0.494 e. The number of aryl methyl sites for hydroxylation is 1. The summed E-state index contributed by atoms with van der Waals surface area (Å²) in [6.07, 6.45) is 6.18. The standard InChI is InChI=1S/C30H28N6O3/c1-34-18-27(31-19-34)21-8-10-23(11-9-21)32-29(22-6-4-20(5-7-22)17-35-14-2-3-15-35)28-25-16-24(36(38)39)12-13-26(25)33-30(28)37/h4-13,16,18-19,33,37H,2-3,14-15,17H2,1H3. The molecule has 1 aliphatic heterocycles. The van der Waals surface area contributed by atoms with E-state index in [2.05, 4.69) is 27.0 Å². The number of rotatable bonds is 7. The molecule has 1 fully saturated rings. The molecule has 3 aromatic carbocycles. The van der Waals surface area contributed by atoms with E-state index in [0.717, 1.165) is 36.5 Å².